The number of unbranched alkanes of at least 4 members (excludes halogenated alkanes) is 10. The zero-order valence-electron chi connectivity index (χ0n) is 44.0. The topological polar surface area (TPSA) is 119 Å². The molecule has 0 aliphatic carbocycles. The SMILES string of the molecule is CC/C=C\CCCCOC(CCC(=O)OCCCCC(CCCCOC(=O)CCC(OCCCC/C=C\CC)OCCCC/C=C\CC)OC(=O)CCCN1CCCC1)OCCCC/C=C\CC. The molecule has 1 aliphatic heterocycles. The Morgan fingerprint density at radius 3 is 1.15 bits per heavy atom. The van der Waals surface area contributed by atoms with E-state index in [0.29, 0.717) is 84.6 Å². The van der Waals surface area contributed by atoms with Crippen LogP contribution in [-0.2, 0) is 47.5 Å². The molecule has 0 saturated carbocycles. The Kier molecular flexibility index (Phi) is 45.7. The molecule has 11 nitrogen and oxygen atoms in total. The summed E-state index contributed by atoms with van der Waals surface area (Å²) in [5.74, 6) is -0.659. The molecule has 0 atom stereocenters. The lowest BCUT2D eigenvalue weighted by molar-refractivity contribution is -0.159. The smallest absolute Gasteiger partial charge is 0.306 e. The third-order valence-corrected chi connectivity index (χ3v) is 11.8. The van der Waals surface area contributed by atoms with Crippen LogP contribution in [0.1, 0.15) is 220 Å². The van der Waals surface area contributed by atoms with Crippen LogP contribution in [0.25, 0.3) is 0 Å². The van der Waals surface area contributed by atoms with Gasteiger partial charge in [0.1, 0.15) is 6.10 Å². The van der Waals surface area contributed by atoms with Crippen LogP contribution in [0, 0.1) is 0 Å². The van der Waals surface area contributed by atoms with Gasteiger partial charge in [0.2, 0.25) is 0 Å². The van der Waals surface area contributed by atoms with Crippen molar-refractivity contribution in [2.24, 2.45) is 0 Å². The molecule has 0 unspecified atom stereocenters. The zero-order valence-corrected chi connectivity index (χ0v) is 44.0. The maximum absolute atomic E-state index is 13.0. The summed E-state index contributed by atoms with van der Waals surface area (Å²) >= 11 is 0. The van der Waals surface area contributed by atoms with E-state index in [1.54, 1.807) is 0 Å². The average molecular weight is 960 g/mol. The van der Waals surface area contributed by atoms with E-state index in [9.17, 15) is 14.4 Å². The second-order valence-electron chi connectivity index (χ2n) is 18.1. The minimum Gasteiger partial charge on any atom is -0.466 e. The molecule has 1 saturated heterocycles. The van der Waals surface area contributed by atoms with Crippen molar-refractivity contribution in [2.75, 3.05) is 59.3 Å². The Bertz CT molecular complexity index is 1150. The highest BCUT2D eigenvalue weighted by molar-refractivity contribution is 5.70. The van der Waals surface area contributed by atoms with E-state index in [1.807, 2.05) is 0 Å². The quantitative estimate of drug-likeness (QED) is 0.0191. The first-order valence-electron chi connectivity index (χ1n) is 27.7. The van der Waals surface area contributed by atoms with Gasteiger partial charge in [-0.1, -0.05) is 76.3 Å². The van der Waals surface area contributed by atoms with Gasteiger partial charge in [0.05, 0.1) is 26.1 Å². The number of rotatable bonds is 49. The first kappa shape index (κ1) is 63.2. The van der Waals surface area contributed by atoms with E-state index in [4.69, 9.17) is 33.2 Å². The lowest BCUT2D eigenvalue weighted by atomic mass is 10.1. The van der Waals surface area contributed by atoms with Crippen molar-refractivity contribution in [3.63, 3.8) is 0 Å². The van der Waals surface area contributed by atoms with Crippen molar-refractivity contribution in [3.8, 4) is 0 Å². The molecular weight excluding hydrogens is 859 g/mol. The molecule has 1 fully saturated rings. The second-order valence-corrected chi connectivity index (χ2v) is 18.1. The predicted molar refractivity (Wildman–Crippen MR) is 277 cm³/mol. The molecule has 68 heavy (non-hydrogen) atoms. The van der Waals surface area contributed by atoms with Crippen LogP contribution in [0.3, 0.4) is 0 Å². The van der Waals surface area contributed by atoms with Crippen molar-refractivity contribution < 1.29 is 47.5 Å². The summed E-state index contributed by atoms with van der Waals surface area (Å²) in [6.45, 7) is 14.8. The molecule has 1 rings (SSSR count). The Morgan fingerprint density at radius 2 is 0.779 bits per heavy atom. The van der Waals surface area contributed by atoms with Crippen LogP contribution in [-0.4, -0.2) is 101 Å². The fourth-order valence-electron chi connectivity index (χ4n) is 7.78. The summed E-state index contributed by atoms with van der Waals surface area (Å²) in [5.41, 5.74) is 0. The van der Waals surface area contributed by atoms with E-state index < -0.39 is 12.6 Å². The van der Waals surface area contributed by atoms with Gasteiger partial charge in [-0.2, -0.15) is 0 Å². The third kappa shape index (κ3) is 42.1. The van der Waals surface area contributed by atoms with E-state index >= 15 is 0 Å². The number of ether oxygens (including phenoxy) is 7. The van der Waals surface area contributed by atoms with E-state index in [0.717, 1.165) is 142 Å². The van der Waals surface area contributed by atoms with Crippen LogP contribution >= 0.6 is 0 Å². The first-order valence-corrected chi connectivity index (χ1v) is 27.7. The number of hydrogen-bond acceptors (Lipinski definition) is 11. The number of nitrogens with zero attached hydrogens (tertiary/aromatic N) is 1. The summed E-state index contributed by atoms with van der Waals surface area (Å²) < 4.78 is 41.6. The van der Waals surface area contributed by atoms with Crippen molar-refractivity contribution >= 4 is 17.9 Å². The highest BCUT2D eigenvalue weighted by Gasteiger charge is 2.18. The maximum Gasteiger partial charge on any atom is 0.306 e. The second kappa shape index (κ2) is 49.2. The van der Waals surface area contributed by atoms with Crippen LogP contribution in [0.4, 0.5) is 0 Å². The molecule has 0 bridgehead atoms. The minimum atomic E-state index is -0.420. The van der Waals surface area contributed by atoms with Gasteiger partial charge in [0.15, 0.2) is 12.6 Å². The molecule has 0 aromatic carbocycles. The minimum absolute atomic E-state index is 0.159. The molecule has 1 aliphatic rings. The lowest BCUT2D eigenvalue weighted by Gasteiger charge is -2.19. The van der Waals surface area contributed by atoms with Gasteiger partial charge in [-0.25, -0.2) is 0 Å². The van der Waals surface area contributed by atoms with Gasteiger partial charge in [0, 0.05) is 45.7 Å². The van der Waals surface area contributed by atoms with E-state index in [1.165, 1.54) is 12.8 Å². The van der Waals surface area contributed by atoms with Gasteiger partial charge >= 0.3 is 17.9 Å². The van der Waals surface area contributed by atoms with Crippen LogP contribution < -0.4 is 0 Å². The number of likely N-dealkylation sites (tertiary alicyclic amines) is 1. The van der Waals surface area contributed by atoms with Crippen molar-refractivity contribution in [1.29, 1.82) is 0 Å². The van der Waals surface area contributed by atoms with Crippen LogP contribution in [0.15, 0.2) is 48.6 Å². The molecule has 0 aromatic heterocycles. The molecule has 0 spiro atoms. The Labute approximate surface area is 415 Å². The number of carbonyl (C=O) groups excluding carboxylic acids is 3. The third-order valence-electron chi connectivity index (χ3n) is 11.8. The highest BCUT2D eigenvalue weighted by Crippen LogP contribution is 2.17. The standard InChI is InChI=1S/C57H101NO10/c1-5-9-13-17-21-29-48-64-56(65-49-30-22-18-14-10-6-2)41-39-53(59)62-46-33-25-36-52(68-55(61)38-35-45-58-43-27-28-44-58)37-26-34-47-63-54(60)40-42-57(66-50-31-23-19-15-11-7-3)67-51-32-24-20-16-12-8-4/h9-16,52,56-57H,5-8,17-51H2,1-4H3/b13-9-,14-10-,15-11-,16-12-. The molecule has 0 aromatic rings. The van der Waals surface area contributed by atoms with Crippen molar-refractivity contribution in [1.82, 2.24) is 4.90 Å². The van der Waals surface area contributed by atoms with Crippen molar-refractivity contribution in [3.05, 3.63) is 48.6 Å². The average Bonchev–Trinajstić information content (AvgIpc) is 3.86. The molecule has 1 heterocycles. The summed E-state index contributed by atoms with van der Waals surface area (Å²) in [4.78, 5) is 40.9. The number of allylic oxidation sites excluding steroid dienone is 8. The maximum atomic E-state index is 13.0. The molecule has 11 heteroatoms. The van der Waals surface area contributed by atoms with Gasteiger partial charge in [-0.3, -0.25) is 14.4 Å². The molecule has 0 radical (unpaired) electrons. The summed E-state index contributed by atoms with van der Waals surface area (Å²) in [6, 6.07) is 0. The summed E-state index contributed by atoms with van der Waals surface area (Å²) in [5, 5.41) is 0. The number of carbonyl (C=O) groups is 3. The fraction of sp³-hybridized carbons (Fsp3) is 0.807. The van der Waals surface area contributed by atoms with Gasteiger partial charge in [-0.05, 0) is 180 Å². The van der Waals surface area contributed by atoms with Crippen molar-refractivity contribution in [2.45, 2.75) is 239 Å². The molecule has 0 N–H and O–H groups in total. The Hall–Kier alpha value is -2.83. The molecular formula is C57H101NO10. The van der Waals surface area contributed by atoms with Gasteiger partial charge < -0.3 is 38.1 Å². The lowest BCUT2D eigenvalue weighted by Crippen LogP contribution is -2.23. The Morgan fingerprint density at radius 1 is 0.412 bits per heavy atom. The summed E-state index contributed by atoms with van der Waals surface area (Å²) in [6.07, 6.45) is 42.4. The van der Waals surface area contributed by atoms with E-state index in [2.05, 4.69) is 81.2 Å². The number of esters is 3. The molecule has 0 amide bonds. The highest BCUT2D eigenvalue weighted by atomic mass is 16.7. The zero-order chi connectivity index (χ0) is 49.2. The monoisotopic (exact) mass is 960 g/mol. The molecule has 394 valence electrons. The summed E-state index contributed by atoms with van der Waals surface area (Å²) in [7, 11) is 0. The largest absolute Gasteiger partial charge is 0.466 e. The Balaban J connectivity index is 2.55. The fourth-order valence-corrected chi connectivity index (χ4v) is 7.78. The predicted octanol–water partition coefficient (Wildman–Crippen LogP) is 14.0. The first-order chi connectivity index (χ1) is 33.4. The van der Waals surface area contributed by atoms with Crippen LogP contribution in [0.5, 0.6) is 0 Å². The number of hydrogen-bond donors (Lipinski definition) is 0. The van der Waals surface area contributed by atoms with Gasteiger partial charge in [-0.15, -0.1) is 0 Å². The van der Waals surface area contributed by atoms with Crippen LogP contribution in [0.2, 0.25) is 0 Å². The van der Waals surface area contributed by atoms with E-state index in [-0.39, 0.29) is 36.9 Å². The van der Waals surface area contributed by atoms with Gasteiger partial charge in [0.25, 0.3) is 0 Å². The normalized spacial score (nSPS) is 13.6.